The minimum Gasteiger partial charge on any atom is -0.494 e. The summed E-state index contributed by atoms with van der Waals surface area (Å²) in [5.41, 5.74) is 2.55. The zero-order valence-electron chi connectivity index (χ0n) is 17.4. The number of imidazole rings is 1. The van der Waals surface area contributed by atoms with Gasteiger partial charge in [-0.05, 0) is 57.0 Å². The molecule has 1 atom stereocenters. The zero-order valence-corrected chi connectivity index (χ0v) is 17.4. The SMILES string of the molecule is CCOc1ccc(OC(C)C(=O)Nc2ccccc2-c2cn3c(n2)CCCC3)cc1. The first-order valence-corrected chi connectivity index (χ1v) is 10.5. The van der Waals surface area contributed by atoms with Crippen LogP contribution in [0.5, 0.6) is 11.5 Å². The van der Waals surface area contributed by atoms with Crippen molar-refractivity contribution in [3.8, 4) is 22.8 Å². The van der Waals surface area contributed by atoms with Crippen molar-refractivity contribution < 1.29 is 14.3 Å². The summed E-state index contributed by atoms with van der Waals surface area (Å²) in [7, 11) is 0. The lowest BCUT2D eigenvalue weighted by atomic mass is 10.1. The Kier molecular flexibility index (Phi) is 6.02. The molecule has 6 heteroatoms. The highest BCUT2D eigenvalue weighted by molar-refractivity contribution is 5.97. The van der Waals surface area contributed by atoms with Crippen LogP contribution in [0.15, 0.2) is 54.7 Å². The van der Waals surface area contributed by atoms with Crippen LogP contribution in [-0.4, -0.2) is 28.2 Å². The van der Waals surface area contributed by atoms with E-state index in [0.717, 1.165) is 41.5 Å². The van der Waals surface area contributed by atoms with Gasteiger partial charge < -0.3 is 19.4 Å². The fraction of sp³-hybridized carbons (Fsp3) is 0.333. The maximum absolute atomic E-state index is 12.8. The van der Waals surface area contributed by atoms with Crippen LogP contribution in [0.1, 0.15) is 32.5 Å². The van der Waals surface area contributed by atoms with E-state index in [1.54, 1.807) is 19.1 Å². The molecule has 3 aromatic rings. The number of aromatic nitrogens is 2. The van der Waals surface area contributed by atoms with Crippen LogP contribution >= 0.6 is 0 Å². The Bertz CT molecular complexity index is 987. The lowest BCUT2D eigenvalue weighted by Gasteiger charge is -2.16. The molecular formula is C24H27N3O3. The van der Waals surface area contributed by atoms with Gasteiger partial charge in [0.25, 0.3) is 5.91 Å². The van der Waals surface area contributed by atoms with Crippen molar-refractivity contribution in [2.75, 3.05) is 11.9 Å². The van der Waals surface area contributed by atoms with Gasteiger partial charge in [-0.1, -0.05) is 18.2 Å². The lowest BCUT2D eigenvalue weighted by Crippen LogP contribution is -2.30. The van der Waals surface area contributed by atoms with Crippen LogP contribution in [0.4, 0.5) is 5.69 Å². The van der Waals surface area contributed by atoms with Gasteiger partial charge in [-0.2, -0.15) is 0 Å². The van der Waals surface area contributed by atoms with Crippen LogP contribution in [0.3, 0.4) is 0 Å². The Balaban J connectivity index is 1.46. The smallest absolute Gasteiger partial charge is 0.265 e. The average Bonchev–Trinajstić information content (AvgIpc) is 3.20. The monoisotopic (exact) mass is 405 g/mol. The van der Waals surface area contributed by atoms with Crippen molar-refractivity contribution in [1.29, 1.82) is 0 Å². The number of fused-ring (bicyclic) bond motifs is 1. The summed E-state index contributed by atoms with van der Waals surface area (Å²) >= 11 is 0. The molecule has 1 aliphatic rings. The highest BCUT2D eigenvalue weighted by Gasteiger charge is 2.19. The minimum absolute atomic E-state index is 0.208. The maximum Gasteiger partial charge on any atom is 0.265 e. The summed E-state index contributed by atoms with van der Waals surface area (Å²) in [6.07, 6.45) is 4.80. The molecule has 4 rings (SSSR count). The highest BCUT2D eigenvalue weighted by atomic mass is 16.5. The van der Waals surface area contributed by atoms with Crippen LogP contribution in [0.2, 0.25) is 0 Å². The van der Waals surface area contributed by atoms with E-state index >= 15 is 0 Å². The summed E-state index contributed by atoms with van der Waals surface area (Å²) in [6, 6.07) is 15.0. The molecule has 0 radical (unpaired) electrons. The van der Waals surface area contributed by atoms with Gasteiger partial charge in [0.15, 0.2) is 6.10 Å². The first kappa shape index (κ1) is 20.0. The molecule has 0 spiro atoms. The van der Waals surface area contributed by atoms with Crippen LogP contribution in [-0.2, 0) is 17.8 Å². The van der Waals surface area contributed by atoms with Gasteiger partial charge in [-0.3, -0.25) is 4.79 Å². The van der Waals surface area contributed by atoms with Crippen molar-refractivity contribution in [2.45, 2.75) is 45.8 Å². The third-order valence-corrected chi connectivity index (χ3v) is 5.19. The maximum atomic E-state index is 12.8. The number of anilines is 1. The number of ether oxygens (including phenoxy) is 2. The number of hydrogen-bond acceptors (Lipinski definition) is 4. The molecule has 0 saturated carbocycles. The molecule has 2 aromatic carbocycles. The Morgan fingerprint density at radius 2 is 1.90 bits per heavy atom. The number of carbonyl (C=O) groups excluding carboxylic acids is 1. The fourth-order valence-corrected chi connectivity index (χ4v) is 3.63. The van der Waals surface area contributed by atoms with E-state index in [0.29, 0.717) is 12.4 Å². The van der Waals surface area contributed by atoms with Gasteiger partial charge >= 0.3 is 0 Å². The number of hydrogen-bond donors (Lipinski definition) is 1. The Labute approximate surface area is 176 Å². The van der Waals surface area contributed by atoms with Crippen molar-refractivity contribution >= 4 is 11.6 Å². The predicted molar refractivity (Wildman–Crippen MR) is 117 cm³/mol. The number of para-hydroxylation sites is 1. The number of amides is 1. The van der Waals surface area contributed by atoms with Gasteiger partial charge in [-0.15, -0.1) is 0 Å². The molecule has 1 unspecified atom stereocenters. The van der Waals surface area contributed by atoms with Gasteiger partial charge in [-0.25, -0.2) is 4.98 Å². The molecule has 1 amide bonds. The molecule has 1 N–H and O–H groups in total. The molecule has 2 heterocycles. The van der Waals surface area contributed by atoms with Crippen molar-refractivity contribution in [1.82, 2.24) is 9.55 Å². The van der Waals surface area contributed by atoms with E-state index in [4.69, 9.17) is 14.5 Å². The van der Waals surface area contributed by atoms with Gasteiger partial charge in [0, 0.05) is 24.7 Å². The molecule has 1 aromatic heterocycles. The second-order valence-electron chi connectivity index (χ2n) is 7.39. The molecule has 0 aliphatic carbocycles. The van der Waals surface area contributed by atoms with Gasteiger partial charge in [0.2, 0.25) is 0 Å². The standard InChI is InChI=1S/C24H27N3O3/c1-3-29-18-11-13-19(14-12-18)30-17(2)24(28)26-21-9-5-4-8-20(21)22-16-27-15-7-6-10-23(27)25-22/h4-5,8-9,11-14,16-17H,3,6-7,10,15H2,1-2H3,(H,26,28). The van der Waals surface area contributed by atoms with Crippen LogP contribution < -0.4 is 14.8 Å². The van der Waals surface area contributed by atoms with Gasteiger partial charge in [0.05, 0.1) is 18.0 Å². The van der Waals surface area contributed by atoms with E-state index in [-0.39, 0.29) is 5.91 Å². The molecule has 30 heavy (non-hydrogen) atoms. The quantitative estimate of drug-likeness (QED) is 0.619. The number of carbonyl (C=O) groups is 1. The van der Waals surface area contributed by atoms with E-state index < -0.39 is 6.10 Å². The molecule has 1 aliphatic heterocycles. The molecule has 0 saturated heterocycles. The average molecular weight is 405 g/mol. The third kappa shape index (κ3) is 4.48. The summed E-state index contributed by atoms with van der Waals surface area (Å²) in [5.74, 6) is 2.31. The van der Waals surface area contributed by atoms with Crippen LogP contribution in [0, 0.1) is 0 Å². The number of benzene rings is 2. The first-order chi connectivity index (χ1) is 14.6. The van der Waals surface area contributed by atoms with E-state index in [1.807, 2.05) is 43.3 Å². The first-order valence-electron chi connectivity index (χ1n) is 10.5. The Morgan fingerprint density at radius 3 is 2.67 bits per heavy atom. The molecule has 0 bridgehead atoms. The molecule has 0 fully saturated rings. The largest absolute Gasteiger partial charge is 0.494 e. The number of nitrogens with one attached hydrogen (secondary N) is 1. The second kappa shape index (κ2) is 9.03. The third-order valence-electron chi connectivity index (χ3n) is 5.19. The summed E-state index contributed by atoms with van der Waals surface area (Å²) in [5, 5.41) is 3.00. The number of rotatable bonds is 7. The lowest BCUT2D eigenvalue weighted by molar-refractivity contribution is -0.122. The second-order valence-corrected chi connectivity index (χ2v) is 7.39. The Morgan fingerprint density at radius 1 is 1.13 bits per heavy atom. The van der Waals surface area contributed by atoms with E-state index in [1.165, 1.54) is 12.8 Å². The Hall–Kier alpha value is -3.28. The molecular weight excluding hydrogens is 378 g/mol. The van der Waals surface area contributed by atoms with Crippen LogP contribution in [0.25, 0.3) is 11.3 Å². The van der Waals surface area contributed by atoms with Crippen molar-refractivity contribution in [2.24, 2.45) is 0 Å². The highest BCUT2D eigenvalue weighted by Crippen LogP contribution is 2.29. The van der Waals surface area contributed by atoms with Gasteiger partial charge in [0.1, 0.15) is 17.3 Å². The number of nitrogens with zero attached hydrogens (tertiary/aromatic N) is 2. The topological polar surface area (TPSA) is 65.4 Å². The van der Waals surface area contributed by atoms with E-state index in [2.05, 4.69) is 16.1 Å². The fourth-order valence-electron chi connectivity index (χ4n) is 3.63. The van der Waals surface area contributed by atoms with Crippen molar-refractivity contribution in [3.05, 3.63) is 60.6 Å². The molecule has 6 nitrogen and oxygen atoms in total. The van der Waals surface area contributed by atoms with Crippen molar-refractivity contribution in [3.63, 3.8) is 0 Å². The normalized spacial score (nSPS) is 13.9. The zero-order chi connectivity index (χ0) is 20.9. The predicted octanol–water partition coefficient (Wildman–Crippen LogP) is 4.69. The summed E-state index contributed by atoms with van der Waals surface area (Å²) < 4.78 is 13.5. The van der Waals surface area contributed by atoms with E-state index in [9.17, 15) is 4.79 Å². The summed E-state index contributed by atoms with van der Waals surface area (Å²) in [6.45, 7) is 5.29. The molecule has 156 valence electrons. The minimum atomic E-state index is -0.647. The summed E-state index contributed by atoms with van der Waals surface area (Å²) in [4.78, 5) is 17.6. The number of aryl methyl sites for hydroxylation is 2.